The average Bonchev–Trinajstić information content (AvgIpc) is 3.14. The van der Waals surface area contributed by atoms with Crippen LogP contribution in [0.4, 0.5) is 0 Å². The molecule has 2 N–H and O–H groups in total. The van der Waals surface area contributed by atoms with Crippen LogP contribution in [-0.2, 0) is 10.0 Å². The van der Waals surface area contributed by atoms with Crippen molar-refractivity contribution in [1.29, 1.82) is 0 Å². The maximum absolute atomic E-state index is 13.0. The fourth-order valence-corrected chi connectivity index (χ4v) is 6.09. The Hall–Kier alpha value is -0.800. The highest BCUT2D eigenvalue weighted by Crippen LogP contribution is 2.38. The second-order valence-corrected chi connectivity index (χ2v) is 8.66. The monoisotopic (exact) mass is 374 g/mol. The Morgan fingerprint density at radius 1 is 1.22 bits per heavy atom. The Bertz CT molecular complexity index is 810. The van der Waals surface area contributed by atoms with E-state index >= 15 is 0 Å². The summed E-state index contributed by atoms with van der Waals surface area (Å²) in [5, 5.41) is 0. The average molecular weight is 375 g/mol. The molecule has 2 fully saturated rings. The van der Waals surface area contributed by atoms with Crippen molar-refractivity contribution in [2.45, 2.75) is 30.2 Å². The van der Waals surface area contributed by atoms with E-state index in [0.29, 0.717) is 30.0 Å². The molecule has 9 heteroatoms. The highest BCUT2D eigenvalue weighted by Gasteiger charge is 2.43. The summed E-state index contributed by atoms with van der Waals surface area (Å²) in [4.78, 5) is 0.269. The molecular formula is C14H19ClN4O2S2. The molecular weight excluding hydrogens is 356 g/mol. The Balaban J connectivity index is 0.00000156. The largest absolute Gasteiger partial charge is 0.327 e. The van der Waals surface area contributed by atoms with Crippen LogP contribution < -0.4 is 5.73 Å². The van der Waals surface area contributed by atoms with Gasteiger partial charge in [0.1, 0.15) is 15.9 Å². The lowest BCUT2D eigenvalue weighted by molar-refractivity contribution is 0.260. The van der Waals surface area contributed by atoms with Gasteiger partial charge in [0.2, 0.25) is 10.0 Å². The van der Waals surface area contributed by atoms with E-state index < -0.39 is 10.0 Å². The molecule has 1 aliphatic carbocycles. The molecule has 126 valence electrons. The highest BCUT2D eigenvalue weighted by atomic mass is 35.5. The molecule has 1 aromatic heterocycles. The molecule has 6 nitrogen and oxygen atoms in total. The van der Waals surface area contributed by atoms with Gasteiger partial charge in [0.05, 0.1) is 11.7 Å². The van der Waals surface area contributed by atoms with Crippen LogP contribution in [0.2, 0.25) is 0 Å². The number of nitrogens with zero attached hydrogens (tertiary/aromatic N) is 3. The first-order valence-electron chi connectivity index (χ1n) is 7.54. The van der Waals surface area contributed by atoms with Gasteiger partial charge >= 0.3 is 0 Å². The van der Waals surface area contributed by atoms with E-state index in [2.05, 4.69) is 8.75 Å². The summed E-state index contributed by atoms with van der Waals surface area (Å²) in [7, 11) is -3.53. The number of hydrogen-bond acceptors (Lipinski definition) is 6. The molecule has 1 aromatic carbocycles. The summed E-state index contributed by atoms with van der Waals surface area (Å²) in [5.74, 6) is 0.683. The Kier molecular flexibility index (Phi) is 4.63. The van der Waals surface area contributed by atoms with Gasteiger partial charge in [0, 0.05) is 19.1 Å². The van der Waals surface area contributed by atoms with Crippen molar-refractivity contribution in [3.63, 3.8) is 0 Å². The van der Waals surface area contributed by atoms with E-state index in [-0.39, 0.29) is 29.3 Å². The van der Waals surface area contributed by atoms with Crippen LogP contribution >= 0.6 is 24.1 Å². The van der Waals surface area contributed by atoms with Crippen molar-refractivity contribution in [2.24, 2.45) is 17.6 Å². The molecule has 3 unspecified atom stereocenters. The molecule has 2 heterocycles. The van der Waals surface area contributed by atoms with Crippen LogP contribution in [0.3, 0.4) is 0 Å². The molecule has 23 heavy (non-hydrogen) atoms. The normalized spacial score (nSPS) is 28.5. The van der Waals surface area contributed by atoms with Crippen molar-refractivity contribution in [3.8, 4) is 0 Å². The van der Waals surface area contributed by atoms with Crippen molar-refractivity contribution >= 4 is 45.2 Å². The number of fused-ring (bicyclic) bond motifs is 2. The summed E-state index contributed by atoms with van der Waals surface area (Å²) in [6.07, 6.45) is 3.18. The van der Waals surface area contributed by atoms with Gasteiger partial charge in [-0.15, -0.1) is 12.4 Å². The van der Waals surface area contributed by atoms with Gasteiger partial charge in [-0.2, -0.15) is 13.1 Å². The molecule has 0 radical (unpaired) electrons. The predicted molar refractivity (Wildman–Crippen MR) is 92.2 cm³/mol. The molecule has 0 spiro atoms. The number of rotatable bonds is 2. The standard InChI is InChI=1S/C14H18N4O2S2.ClH/c15-11-4-1-3-9-7-18(8-10(9)11)22(19,20)13-6-2-5-12-14(13)17-21-16-12;/h2,5-6,9-11H,1,3-4,7-8,15H2;1H. The third kappa shape index (κ3) is 2.76. The van der Waals surface area contributed by atoms with Gasteiger partial charge in [-0.3, -0.25) is 0 Å². The molecule has 0 bridgehead atoms. The van der Waals surface area contributed by atoms with Crippen LogP contribution in [0.5, 0.6) is 0 Å². The minimum absolute atomic E-state index is 0. The van der Waals surface area contributed by atoms with E-state index in [1.165, 1.54) is 0 Å². The zero-order valence-corrected chi connectivity index (χ0v) is 14.9. The van der Waals surface area contributed by atoms with Crippen molar-refractivity contribution < 1.29 is 8.42 Å². The highest BCUT2D eigenvalue weighted by molar-refractivity contribution is 7.89. The lowest BCUT2D eigenvalue weighted by Gasteiger charge is -2.29. The van der Waals surface area contributed by atoms with E-state index in [1.807, 2.05) is 0 Å². The molecule has 1 saturated carbocycles. The second-order valence-electron chi connectivity index (χ2n) is 6.23. The third-order valence-corrected chi connectivity index (χ3v) is 7.39. The van der Waals surface area contributed by atoms with Crippen molar-refractivity contribution in [1.82, 2.24) is 13.1 Å². The summed E-state index contributed by atoms with van der Waals surface area (Å²) in [5.41, 5.74) is 7.31. The first-order chi connectivity index (χ1) is 10.6. The van der Waals surface area contributed by atoms with Crippen LogP contribution in [0.25, 0.3) is 11.0 Å². The number of nitrogens with two attached hydrogens (primary N) is 1. The van der Waals surface area contributed by atoms with E-state index in [0.717, 1.165) is 31.0 Å². The fraction of sp³-hybridized carbons (Fsp3) is 0.571. The Labute approximate surface area is 145 Å². The summed E-state index contributed by atoms with van der Waals surface area (Å²) < 4.78 is 35.9. The maximum atomic E-state index is 13.0. The van der Waals surface area contributed by atoms with Gasteiger partial charge in [0.15, 0.2) is 0 Å². The zero-order chi connectivity index (χ0) is 15.3. The second kappa shape index (κ2) is 6.25. The summed E-state index contributed by atoms with van der Waals surface area (Å²) in [6.45, 7) is 1.11. The molecule has 2 aliphatic rings. The number of benzene rings is 1. The predicted octanol–water partition coefficient (Wildman–Crippen LogP) is 1.86. The van der Waals surface area contributed by atoms with Crippen LogP contribution in [0.15, 0.2) is 23.1 Å². The van der Waals surface area contributed by atoms with Crippen molar-refractivity contribution in [3.05, 3.63) is 18.2 Å². The molecule has 1 aliphatic heterocycles. The number of halogens is 1. The third-order valence-electron chi connectivity index (χ3n) is 4.99. The Morgan fingerprint density at radius 3 is 2.83 bits per heavy atom. The number of aromatic nitrogens is 2. The van der Waals surface area contributed by atoms with Gasteiger partial charge in [-0.1, -0.05) is 12.5 Å². The molecule has 1 saturated heterocycles. The lowest BCUT2D eigenvalue weighted by Crippen LogP contribution is -2.38. The van der Waals surface area contributed by atoms with Crippen LogP contribution in [0, 0.1) is 11.8 Å². The van der Waals surface area contributed by atoms with Crippen molar-refractivity contribution in [2.75, 3.05) is 13.1 Å². The topological polar surface area (TPSA) is 89.2 Å². The van der Waals surface area contributed by atoms with Crippen LogP contribution in [-0.4, -0.2) is 40.6 Å². The first kappa shape index (κ1) is 17.0. The fourth-order valence-electron chi connectivity index (χ4n) is 3.80. The first-order valence-corrected chi connectivity index (χ1v) is 9.71. The number of sulfonamides is 1. The van der Waals surface area contributed by atoms with Gasteiger partial charge in [-0.25, -0.2) is 8.42 Å². The molecule has 4 rings (SSSR count). The lowest BCUT2D eigenvalue weighted by atomic mass is 9.78. The summed E-state index contributed by atoms with van der Waals surface area (Å²) >= 11 is 1.04. The minimum Gasteiger partial charge on any atom is -0.327 e. The van der Waals surface area contributed by atoms with E-state index in [1.54, 1.807) is 22.5 Å². The van der Waals surface area contributed by atoms with E-state index in [4.69, 9.17) is 5.73 Å². The van der Waals surface area contributed by atoms with Gasteiger partial charge < -0.3 is 5.73 Å². The summed E-state index contributed by atoms with van der Waals surface area (Å²) in [6, 6.07) is 5.26. The van der Waals surface area contributed by atoms with E-state index in [9.17, 15) is 8.42 Å². The van der Waals surface area contributed by atoms with Gasteiger partial charge in [-0.05, 0) is 36.8 Å². The molecule has 0 amide bonds. The SMILES string of the molecule is Cl.NC1CCCC2CN(S(=O)(=O)c3cccc4nsnc34)CC12. The maximum Gasteiger partial charge on any atom is 0.245 e. The minimum atomic E-state index is -3.53. The van der Waals surface area contributed by atoms with Gasteiger partial charge in [0.25, 0.3) is 0 Å². The van der Waals surface area contributed by atoms with Crippen LogP contribution in [0.1, 0.15) is 19.3 Å². The smallest absolute Gasteiger partial charge is 0.245 e. The number of hydrogen-bond donors (Lipinski definition) is 1. The Morgan fingerprint density at radius 2 is 2.04 bits per heavy atom. The molecule has 2 aromatic rings. The zero-order valence-electron chi connectivity index (χ0n) is 12.5. The quantitative estimate of drug-likeness (QED) is 0.866. The molecule has 3 atom stereocenters.